The monoisotopic (exact) mass is 408 g/mol. The van der Waals surface area contributed by atoms with Crippen LogP contribution in [0.4, 0.5) is 5.69 Å². The molecule has 1 saturated carbocycles. The van der Waals surface area contributed by atoms with Crippen LogP contribution in [-0.2, 0) is 19.6 Å². The van der Waals surface area contributed by atoms with Crippen molar-refractivity contribution in [3.8, 4) is 0 Å². The number of rotatable bonds is 8. The summed E-state index contributed by atoms with van der Waals surface area (Å²) in [4.78, 5) is 25.8. The molecule has 1 aromatic rings. The van der Waals surface area contributed by atoms with E-state index in [0.29, 0.717) is 24.8 Å². The van der Waals surface area contributed by atoms with E-state index in [1.807, 2.05) is 0 Å². The molecule has 1 aromatic carbocycles. The van der Waals surface area contributed by atoms with Gasteiger partial charge in [0.25, 0.3) is 0 Å². The van der Waals surface area contributed by atoms with Gasteiger partial charge in [-0.25, -0.2) is 8.42 Å². The number of anilines is 1. The molecule has 8 nitrogen and oxygen atoms in total. The molecular weight excluding hydrogens is 380 g/mol. The summed E-state index contributed by atoms with van der Waals surface area (Å²) in [5.74, 6) is -0.335. The Bertz CT molecular complexity index is 800. The zero-order valence-corrected chi connectivity index (χ0v) is 17.0. The minimum Gasteiger partial charge on any atom is -0.352 e. The van der Waals surface area contributed by atoms with Crippen LogP contribution in [0.3, 0.4) is 0 Å². The van der Waals surface area contributed by atoms with Crippen molar-refractivity contribution < 1.29 is 18.0 Å². The van der Waals surface area contributed by atoms with Crippen molar-refractivity contribution in [3.05, 3.63) is 24.3 Å². The van der Waals surface area contributed by atoms with Crippen molar-refractivity contribution in [2.24, 2.45) is 0 Å². The fourth-order valence-electron chi connectivity index (χ4n) is 3.21. The van der Waals surface area contributed by atoms with Gasteiger partial charge in [-0.05, 0) is 57.0 Å². The van der Waals surface area contributed by atoms with Crippen LogP contribution in [0.15, 0.2) is 29.2 Å². The molecule has 2 aliphatic rings. The molecule has 0 aromatic heterocycles. The van der Waals surface area contributed by atoms with Gasteiger partial charge in [0, 0.05) is 24.8 Å². The maximum absolute atomic E-state index is 12.6. The number of hydrogen-bond acceptors (Lipinski definition) is 5. The van der Waals surface area contributed by atoms with Crippen molar-refractivity contribution >= 4 is 27.5 Å². The Kier molecular flexibility index (Phi) is 6.69. The Morgan fingerprint density at radius 1 is 1.04 bits per heavy atom. The van der Waals surface area contributed by atoms with E-state index < -0.39 is 10.0 Å². The lowest BCUT2D eigenvalue weighted by molar-refractivity contribution is -0.123. The summed E-state index contributed by atoms with van der Waals surface area (Å²) in [6.07, 6.45) is 4.89. The molecule has 1 aliphatic carbocycles. The molecule has 1 heterocycles. The largest absolute Gasteiger partial charge is 0.352 e. The summed E-state index contributed by atoms with van der Waals surface area (Å²) in [5.41, 5.74) is 0.526. The van der Waals surface area contributed by atoms with E-state index in [1.165, 1.54) is 16.4 Å². The number of sulfonamides is 1. The van der Waals surface area contributed by atoms with Crippen LogP contribution in [0.2, 0.25) is 0 Å². The van der Waals surface area contributed by atoms with Gasteiger partial charge in [-0.3, -0.25) is 14.5 Å². The fourth-order valence-corrected chi connectivity index (χ4v) is 4.73. The van der Waals surface area contributed by atoms with Gasteiger partial charge in [0.05, 0.1) is 18.0 Å². The average molecular weight is 409 g/mol. The van der Waals surface area contributed by atoms with Crippen LogP contribution >= 0.6 is 0 Å². The minimum absolute atomic E-state index is 0.0753. The Balaban J connectivity index is 1.50. The summed E-state index contributed by atoms with van der Waals surface area (Å²) in [7, 11) is -1.77. The topological polar surface area (TPSA) is 98.8 Å². The lowest BCUT2D eigenvalue weighted by Crippen LogP contribution is -2.39. The van der Waals surface area contributed by atoms with E-state index in [4.69, 9.17) is 0 Å². The Morgan fingerprint density at radius 3 is 2.25 bits per heavy atom. The van der Waals surface area contributed by atoms with Crippen LogP contribution in [0.1, 0.15) is 32.1 Å². The van der Waals surface area contributed by atoms with E-state index in [2.05, 4.69) is 10.6 Å². The van der Waals surface area contributed by atoms with E-state index in [9.17, 15) is 18.0 Å². The molecule has 154 valence electrons. The van der Waals surface area contributed by atoms with Gasteiger partial charge in [0.15, 0.2) is 0 Å². The maximum atomic E-state index is 12.6. The second-order valence-electron chi connectivity index (χ2n) is 7.55. The predicted octanol–water partition coefficient (Wildman–Crippen LogP) is 1.01. The van der Waals surface area contributed by atoms with E-state index in [-0.39, 0.29) is 29.8 Å². The number of piperidine rings is 1. The Labute approximate surface area is 166 Å². The summed E-state index contributed by atoms with van der Waals surface area (Å²) < 4.78 is 26.8. The van der Waals surface area contributed by atoms with Crippen molar-refractivity contribution in [2.75, 3.05) is 38.5 Å². The molecule has 0 radical (unpaired) electrons. The van der Waals surface area contributed by atoms with Gasteiger partial charge in [0.2, 0.25) is 21.8 Å². The third-order valence-corrected chi connectivity index (χ3v) is 6.77. The van der Waals surface area contributed by atoms with Crippen molar-refractivity contribution in [1.82, 2.24) is 14.5 Å². The molecule has 0 spiro atoms. The summed E-state index contributed by atoms with van der Waals surface area (Å²) >= 11 is 0. The molecule has 2 amide bonds. The molecule has 0 bridgehead atoms. The Morgan fingerprint density at radius 2 is 1.64 bits per heavy atom. The number of likely N-dealkylation sites (N-methyl/N-ethyl adjacent to an activating group) is 1. The predicted molar refractivity (Wildman–Crippen MR) is 106 cm³/mol. The van der Waals surface area contributed by atoms with Crippen LogP contribution < -0.4 is 10.6 Å². The van der Waals surface area contributed by atoms with Crippen LogP contribution in [0.5, 0.6) is 0 Å². The lowest BCUT2D eigenvalue weighted by Gasteiger charge is -2.25. The van der Waals surface area contributed by atoms with Crippen molar-refractivity contribution in [2.45, 2.75) is 43.0 Å². The zero-order valence-electron chi connectivity index (χ0n) is 16.2. The zero-order chi connectivity index (χ0) is 20.1. The number of benzene rings is 1. The van der Waals surface area contributed by atoms with E-state index in [0.717, 1.165) is 32.1 Å². The van der Waals surface area contributed by atoms with Gasteiger partial charge in [-0.2, -0.15) is 4.31 Å². The van der Waals surface area contributed by atoms with E-state index in [1.54, 1.807) is 24.1 Å². The quantitative estimate of drug-likeness (QED) is 0.669. The molecule has 1 aliphatic heterocycles. The van der Waals surface area contributed by atoms with Crippen molar-refractivity contribution in [1.29, 1.82) is 0 Å². The highest BCUT2D eigenvalue weighted by molar-refractivity contribution is 7.89. The number of nitrogens with zero attached hydrogens (tertiary/aromatic N) is 2. The number of nitrogens with one attached hydrogen (secondary N) is 2. The molecule has 1 saturated heterocycles. The summed E-state index contributed by atoms with van der Waals surface area (Å²) in [6, 6.07) is 6.52. The van der Waals surface area contributed by atoms with Crippen molar-refractivity contribution in [3.63, 3.8) is 0 Å². The van der Waals surface area contributed by atoms with Gasteiger partial charge in [-0.15, -0.1) is 0 Å². The molecule has 0 atom stereocenters. The molecule has 28 heavy (non-hydrogen) atoms. The molecule has 9 heteroatoms. The van der Waals surface area contributed by atoms with Crippen LogP contribution in [0, 0.1) is 0 Å². The smallest absolute Gasteiger partial charge is 0.243 e. The second kappa shape index (κ2) is 9.02. The first-order chi connectivity index (χ1) is 13.3. The number of hydrogen-bond donors (Lipinski definition) is 2. The highest BCUT2D eigenvalue weighted by Crippen LogP contribution is 2.22. The SMILES string of the molecule is CN(CC(=O)Nc1ccc(S(=O)(=O)N2CCCCC2)cc1)CC(=O)NC1CC1. The standard InChI is InChI=1S/C19H28N4O4S/c1-22(13-18(24)20-15-5-6-15)14-19(25)21-16-7-9-17(10-8-16)28(26,27)23-11-3-2-4-12-23/h7-10,15H,2-6,11-14H2,1H3,(H,20,24)(H,21,25). The molecule has 2 fully saturated rings. The summed E-state index contributed by atoms with van der Waals surface area (Å²) in [5, 5.41) is 5.62. The highest BCUT2D eigenvalue weighted by atomic mass is 32.2. The van der Waals surface area contributed by atoms with Crippen LogP contribution in [-0.4, -0.2) is 68.7 Å². The second-order valence-corrected chi connectivity index (χ2v) is 9.49. The summed E-state index contributed by atoms with van der Waals surface area (Å²) in [6.45, 7) is 1.35. The maximum Gasteiger partial charge on any atom is 0.243 e. The normalized spacial score (nSPS) is 18.1. The van der Waals surface area contributed by atoms with Gasteiger partial charge in [0.1, 0.15) is 0 Å². The lowest BCUT2D eigenvalue weighted by atomic mass is 10.2. The van der Waals surface area contributed by atoms with Gasteiger partial charge < -0.3 is 10.6 Å². The third kappa shape index (κ3) is 5.76. The first kappa shape index (κ1) is 20.8. The fraction of sp³-hybridized carbons (Fsp3) is 0.579. The minimum atomic E-state index is -3.48. The average Bonchev–Trinajstić information content (AvgIpc) is 3.46. The molecular formula is C19H28N4O4S. The Hall–Kier alpha value is -1.97. The van der Waals surface area contributed by atoms with E-state index >= 15 is 0 Å². The van der Waals surface area contributed by atoms with Gasteiger partial charge in [-0.1, -0.05) is 6.42 Å². The molecule has 2 N–H and O–H groups in total. The third-order valence-electron chi connectivity index (χ3n) is 4.86. The first-order valence-electron chi connectivity index (χ1n) is 9.72. The molecule has 0 unspecified atom stereocenters. The van der Waals surface area contributed by atoms with Gasteiger partial charge >= 0.3 is 0 Å². The number of carbonyl (C=O) groups is 2. The molecule has 3 rings (SSSR count). The van der Waals surface area contributed by atoms with Crippen LogP contribution in [0.25, 0.3) is 0 Å². The number of carbonyl (C=O) groups excluding carboxylic acids is 2. The highest BCUT2D eigenvalue weighted by Gasteiger charge is 2.26. The first-order valence-corrected chi connectivity index (χ1v) is 11.2. The number of amides is 2.